The second-order valence-electron chi connectivity index (χ2n) is 2.56. The molecule has 58 valence electrons. The van der Waals surface area contributed by atoms with Gasteiger partial charge in [-0.05, 0) is 19.3 Å². The summed E-state index contributed by atoms with van der Waals surface area (Å²) in [6, 6.07) is 0. The number of carboxylic acids is 1. The Kier molecular flexibility index (Phi) is 2.68. The number of hydrogen-bond acceptors (Lipinski definition) is 3. The molecule has 1 aliphatic rings. The monoisotopic (exact) mass is 143 g/mol. The van der Waals surface area contributed by atoms with Crippen LogP contribution in [-0.4, -0.2) is 18.7 Å². The number of hydrogen-bond donors (Lipinski definition) is 0. The number of aliphatic carboxylic acids is 1. The van der Waals surface area contributed by atoms with Crippen molar-refractivity contribution in [2.45, 2.75) is 31.8 Å². The highest BCUT2D eigenvalue weighted by atomic mass is 16.5. The van der Waals surface area contributed by atoms with E-state index in [-0.39, 0.29) is 12.5 Å². The van der Waals surface area contributed by atoms with E-state index in [9.17, 15) is 9.90 Å². The number of carboxylic acid groups (broad SMARTS) is 1. The lowest BCUT2D eigenvalue weighted by molar-refractivity contribution is -0.308. The van der Waals surface area contributed by atoms with Crippen LogP contribution in [0.5, 0.6) is 0 Å². The molecule has 0 N–H and O–H groups in total. The molecule has 0 aliphatic carbocycles. The van der Waals surface area contributed by atoms with Crippen LogP contribution in [0.2, 0.25) is 0 Å². The molecule has 10 heavy (non-hydrogen) atoms. The molecule has 0 aromatic heterocycles. The Hall–Kier alpha value is -0.570. The van der Waals surface area contributed by atoms with Gasteiger partial charge in [0.25, 0.3) is 0 Å². The Labute approximate surface area is 60.0 Å². The largest absolute Gasteiger partial charge is 0.550 e. The van der Waals surface area contributed by atoms with Gasteiger partial charge in [-0.3, -0.25) is 0 Å². The molecule has 1 aliphatic heterocycles. The van der Waals surface area contributed by atoms with Gasteiger partial charge >= 0.3 is 0 Å². The fourth-order valence-corrected chi connectivity index (χ4v) is 1.15. The molecule has 0 aromatic carbocycles. The summed E-state index contributed by atoms with van der Waals surface area (Å²) in [7, 11) is 0. The molecule has 0 bridgehead atoms. The van der Waals surface area contributed by atoms with Gasteiger partial charge in [0.1, 0.15) is 0 Å². The summed E-state index contributed by atoms with van der Waals surface area (Å²) in [5, 5.41) is 10.1. The van der Waals surface area contributed by atoms with Crippen molar-refractivity contribution in [3.63, 3.8) is 0 Å². The summed E-state index contributed by atoms with van der Waals surface area (Å²) >= 11 is 0. The van der Waals surface area contributed by atoms with Crippen molar-refractivity contribution >= 4 is 5.97 Å². The quantitative estimate of drug-likeness (QED) is 0.533. The van der Waals surface area contributed by atoms with Crippen LogP contribution in [-0.2, 0) is 9.53 Å². The zero-order valence-electron chi connectivity index (χ0n) is 5.84. The zero-order chi connectivity index (χ0) is 7.40. The van der Waals surface area contributed by atoms with Gasteiger partial charge in [0, 0.05) is 19.0 Å². The summed E-state index contributed by atoms with van der Waals surface area (Å²) in [6.07, 6.45) is 2.98. The van der Waals surface area contributed by atoms with Crippen molar-refractivity contribution in [1.29, 1.82) is 0 Å². The van der Waals surface area contributed by atoms with Crippen LogP contribution in [0.1, 0.15) is 25.7 Å². The SMILES string of the molecule is O=C([O-])C[C@H]1CCCCO1. The highest BCUT2D eigenvalue weighted by Crippen LogP contribution is 2.14. The fraction of sp³-hybridized carbons (Fsp3) is 0.857. The second kappa shape index (κ2) is 3.56. The van der Waals surface area contributed by atoms with Crippen LogP contribution >= 0.6 is 0 Å². The Morgan fingerprint density at radius 3 is 2.90 bits per heavy atom. The Bertz CT molecular complexity index is 116. The van der Waals surface area contributed by atoms with E-state index in [1.54, 1.807) is 0 Å². The van der Waals surface area contributed by atoms with E-state index in [2.05, 4.69) is 0 Å². The van der Waals surface area contributed by atoms with Gasteiger partial charge in [-0.15, -0.1) is 0 Å². The molecule has 0 saturated carbocycles. The Morgan fingerprint density at radius 1 is 1.60 bits per heavy atom. The number of carbonyl (C=O) groups excluding carboxylic acids is 1. The van der Waals surface area contributed by atoms with Crippen molar-refractivity contribution in [2.75, 3.05) is 6.61 Å². The predicted molar refractivity (Wildman–Crippen MR) is 33.2 cm³/mol. The molecule has 3 nitrogen and oxygen atoms in total. The van der Waals surface area contributed by atoms with E-state index < -0.39 is 5.97 Å². The summed E-state index contributed by atoms with van der Waals surface area (Å²) in [4.78, 5) is 10.1. The second-order valence-corrected chi connectivity index (χ2v) is 2.56. The molecule has 3 heteroatoms. The number of rotatable bonds is 2. The highest BCUT2D eigenvalue weighted by Gasteiger charge is 2.12. The van der Waals surface area contributed by atoms with Crippen molar-refractivity contribution in [3.05, 3.63) is 0 Å². The lowest BCUT2D eigenvalue weighted by Gasteiger charge is -2.22. The first-order valence-corrected chi connectivity index (χ1v) is 3.60. The number of ether oxygens (including phenoxy) is 1. The standard InChI is InChI=1S/C7H12O3/c8-7(9)5-6-3-1-2-4-10-6/h6H,1-5H2,(H,8,9)/p-1/t6-/m1/s1. The maximum atomic E-state index is 10.1. The molecule has 0 amide bonds. The van der Waals surface area contributed by atoms with Crippen molar-refractivity contribution in [2.24, 2.45) is 0 Å². The number of carbonyl (C=O) groups is 1. The van der Waals surface area contributed by atoms with E-state index >= 15 is 0 Å². The Balaban J connectivity index is 2.19. The maximum absolute atomic E-state index is 10.1. The van der Waals surface area contributed by atoms with E-state index in [0.717, 1.165) is 19.3 Å². The molecule has 1 saturated heterocycles. The lowest BCUT2D eigenvalue weighted by atomic mass is 10.1. The van der Waals surface area contributed by atoms with E-state index in [4.69, 9.17) is 4.74 Å². The van der Waals surface area contributed by atoms with Crippen LogP contribution in [0.15, 0.2) is 0 Å². The van der Waals surface area contributed by atoms with E-state index in [0.29, 0.717) is 6.61 Å². The normalized spacial score (nSPS) is 26.2. The van der Waals surface area contributed by atoms with Crippen LogP contribution in [0.4, 0.5) is 0 Å². The minimum atomic E-state index is -1.01. The van der Waals surface area contributed by atoms with Gasteiger partial charge in [-0.2, -0.15) is 0 Å². The summed E-state index contributed by atoms with van der Waals surface area (Å²) in [5.41, 5.74) is 0. The molecule has 1 rings (SSSR count). The third-order valence-electron chi connectivity index (χ3n) is 1.67. The minimum absolute atomic E-state index is 0.0556. The molecule has 1 heterocycles. The molecular weight excluding hydrogens is 132 g/mol. The van der Waals surface area contributed by atoms with Crippen molar-refractivity contribution < 1.29 is 14.6 Å². The van der Waals surface area contributed by atoms with Crippen LogP contribution in [0.25, 0.3) is 0 Å². The fourth-order valence-electron chi connectivity index (χ4n) is 1.15. The van der Waals surface area contributed by atoms with Crippen molar-refractivity contribution in [1.82, 2.24) is 0 Å². The third kappa shape index (κ3) is 2.35. The molecule has 0 aromatic rings. The van der Waals surface area contributed by atoms with Gasteiger partial charge in [0.05, 0.1) is 6.10 Å². The zero-order valence-corrected chi connectivity index (χ0v) is 5.84. The first kappa shape index (κ1) is 7.54. The molecule has 1 atom stereocenters. The minimum Gasteiger partial charge on any atom is -0.550 e. The smallest absolute Gasteiger partial charge is 0.0627 e. The molecule has 0 radical (unpaired) electrons. The lowest BCUT2D eigenvalue weighted by Crippen LogP contribution is -2.30. The van der Waals surface area contributed by atoms with Crippen LogP contribution < -0.4 is 5.11 Å². The van der Waals surface area contributed by atoms with Crippen LogP contribution in [0.3, 0.4) is 0 Å². The molecule has 0 spiro atoms. The summed E-state index contributed by atoms with van der Waals surface area (Å²) < 4.78 is 5.17. The first-order valence-electron chi connectivity index (χ1n) is 3.60. The summed E-state index contributed by atoms with van der Waals surface area (Å²) in [6.45, 7) is 0.706. The van der Waals surface area contributed by atoms with Gasteiger partial charge in [0.2, 0.25) is 0 Å². The van der Waals surface area contributed by atoms with Gasteiger partial charge < -0.3 is 14.6 Å². The molecule has 0 unspecified atom stereocenters. The van der Waals surface area contributed by atoms with Gasteiger partial charge in [-0.25, -0.2) is 0 Å². The highest BCUT2D eigenvalue weighted by molar-refractivity contribution is 5.64. The average molecular weight is 143 g/mol. The predicted octanol–water partition coefficient (Wildman–Crippen LogP) is -0.305. The van der Waals surface area contributed by atoms with Crippen molar-refractivity contribution in [3.8, 4) is 0 Å². The average Bonchev–Trinajstić information content (AvgIpc) is 1.88. The van der Waals surface area contributed by atoms with Crippen LogP contribution in [0, 0.1) is 0 Å². The third-order valence-corrected chi connectivity index (χ3v) is 1.67. The maximum Gasteiger partial charge on any atom is 0.0627 e. The first-order chi connectivity index (χ1) is 4.79. The van der Waals surface area contributed by atoms with Gasteiger partial charge in [-0.1, -0.05) is 0 Å². The van der Waals surface area contributed by atoms with E-state index in [1.807, 2.05) is 0 Å². The van der Waals surface area contributed by atoms with E-state index in [1.165, 1.54) is 0 Å². The summed E-state index contributed by atoms with van der Waals surface area (Å²) in [5.74, 6) is -1.01. The van der Waals surface area contributed by atoms with Gasteiger partial charge in [0.15, 0.2) is 0 Å². The molecular formula is C7H11O3-. The topological polar surface area (TPSA) is 49.4 Å². The Morgan fingerprint density at radius 2 is 2.40 bits per heavy atom. The molecule has 1 fully saturated rings.